The highest BCUT2D eigenvalue weighted by molar-refractivity contribution is 7.13. The highest BCUT2D eigenvalue weighted by atomic mass is 32.1. The number of thiophene rings is 1. The molecule has 2 heteroatoms. The summed E-state index contributed by atoms with van der Waals surface area (Å²) in [4.78, 5) is 1.30. The summed E-state index contributed by atoms with van der Waals surface area (Å²) >= 11 is 1.78. The molecule has 0 radical (unpaired) electrons. The first kappa shape index (κ1) is 18.9. The molecule has 32 heavy (non-hydrogen) atoms. The molecule has 6 aromatic rings. The van der Waals surface area contributed by atoms with E-state index in [9.17, 15) is 0 Å². The van der Waals surface area contributed by atoms with Crippen LogP contribution in [-0.2, 0) is 0 Å². The lowest BCUT2D eigenvalue weighted by atomic mass is 10.0. The minimum absolute atomic E-state index is 1.14. The Hall–Kier alpha value is -3.88. The van der Waals surface area contributed by atoms with Gasteiger partial charge in [0, 0.05) is 21.3 Å². The van der Waals surface area contributed by atoms with Crippen LogP contribution in [0.3, 0.4) is 0 Å². The molecule has 2 aromatic heterocycles. The van der Waals surface area contributed by atoms with E-state index in [4.69, 9.17) is 0 Å². The van der Waals surface area contributed by atoms with E-state index >= 15 is 0 Å². The summed E-state index contributed by atoms with van der Waals surface area (Å²) in [5.41, 5.74) is 8.47. The summed E-state index contributed by atoms with van der Waals surface area (Å²) in [5.74, 6) is 0. The van der Waals surface area contributed by atoms with E-state index in [0.717, 1.165) is 5.56 Å². The van der Waals surface area contributed by atoms with Gasteiger partial charge in [0.2, 0.25) is 0 Å². The molecule has 0 aliphatic carbocycles. The lowest BCUT2D eigenvalue weighted by Gasteiger charge is -2.08. The lowest BCUT2D eigenvalue weighted by Crippen LogP contribution is -1.93. The van der Waals surface area contributed by atoms with Crippen LogP contribution in [-0.4, -0.2) is 4.57 Å². The van der Waals surface area contributed by atoms with E-state index in [1.54, 1.807) is 11.3 Å². The Balaban J connectivity index is 1.64. The van der Waals surface area contributed by atoms with Crippen LogP contribution in [0.5, 0.6) is 0 Å². The second kappa shape index (κ2) is 7.67. The average Bonchev–Trinajstić information content (AvgIpc) is 3.50. The van der Waals surface area contributed by atoms with E-state index < -0.39 is 0 Å². The summed E-state index contributed by atoms with van der Waals surface area (Å²) in [6, 6.07) is 37.2. The van der Waals surface area contributed by atoms with Crippen molar-refractivity contribution in [3.63, 3.8) is 0 Å². The predicted molar refractivity (Wildman–Crippen MR) is 140 cm³/mol. The SMILES string of the molecule is C=Cc1ccc(-c2ccc3c(c2)c2cc(-c4cccs4)ccc2n3-c2ccccc2)cc1. The number of rotatable bonds is 4. The Labute approximate surface area is 191 Å². The number of hydrogen-bond acceptors (Lipinski definition) is 1. The first-order chi connectivity index (χ1) is 15.8. The largest absolute Gasteiger partial charge is 0.309 e. The number of aromatic nitrogens is 1. The van der Waals surface area contributed by atoms with Crippen molar-refractivity contribution in [2.24, 2.45) is 0 Å². The molecule has 0 bridgehead atoms. The second-order valence-electron chi connectivity index (χ2n) is 7.94. The van der Waals surface area contributed by atoms with Crippen molar-refractivity contribution in [3.8, 4) is 27.3 Å². The maximum atomic E-state index is 3.87. The van der Waals surface area contributed by atoms with Crippen LogP contribution in [0.4, 0.5) is 0 Å². The third kappa shape index (κ3) is 3.08. The van der Waals surface area contributed by atoms with Crippen LogP contribution in [0.2, 0.25) is 0 Å². The quantitative estimate of drug-likeness (QED) is 0.265. The molecule has 152 valence electrons. The van der Waals surface area contributed by atoms with Crippen LogP contribution < -0.4 is 0 Å². The van der Waals surface area contributed by atoms with Crippen LogP contribution in [0, 0.1) is 0 Å². The average molecular weight is 428 g/mol. The maximum Gasteiger partial charge on any atom is 0.0541 e. The molecular formula is C30H21NS. The van der Waals surface area contributed by atoms with Crippen LogP contribution in [0.25, 0.3) is 55.1 Å². The molecule has 0 fully saturated rings. The Morgan fingerprint density at radius 3 is 1.94 bits per heavy atom. The van der Waals surface area contributed by atoms with Crippen LogP contribution >= 0.6 is 11.3 Å². The number of benzene rings is 4. The van der Waals surface area contributed by atoms with E-state index in [0.29, 0.717) is 0 Å². The number of fused-ring (bicyclic) bond motifs is 3. The van der Waals surface area contributed by atoms with Gasteiger partial charge in [0.15, 0.2) is 0 Å². The van der Waals surface area contributed by atoms with E-state index in [1.807, 2.05) is 6.08 Å². The Morgan fingerprint density at radius 2 is 1.28 bits per heavy atom. The Kier molecular flexibility index (Phi) is 4.52. The third-order valence-corrected chi connectivity index (χ3v) is 6.98. The topological polar surface area (TPSA) is 4.93 Å². The molecule has 2 heterocycles. The van der Waals surface area contributed by atoms with Gasteiger partial charge in [0.1, 0.15) is 0 Å². The molecule has 0 aliphatic rings. The zero-order chi connectivity index (χ0) is 21.5. The monoisotopic (exact) mass is 427 g/mol. The minimum Gasteiger partial charge on any atom is -0.309 e. The highest BCUT2D eigenvalue weighted by Gasteiger charge is 2.14. The summed E-state index contributed by atoms with van der Waals surface area (Å²) in [6.07, 6.45) is 1.88. The van der Waals surface area contributed by atoms with Crippen molar-refractivity contribution in [3.05, 3.63) is 121 Å². The molecule has 0 saturated carbocycles. The minimum atomic E-state index is 1.14. The van der Waals surface area contributed by atoms with Gasteiger partial charge in [-0.3, -0.25) is 0 Å². The zero-order valence-electron chi connectivity index (χ0n) is 17.5. The maximum absolute atomic E-state index is 3.87. The second-order valence-corrected chi connectivity index (χ2v) is 8.89. The molecule has 0 saturated heterocycles. The first-order valence-corrected chi connectivity index (χ1v) is 11.6. The summed E-state index contributed by atoms with van der Waals surface area (Å²) in [6.45, 7) is 3.87. The van der Waals surface area contributed by atoms with E-state index in [-0.39, 0.29) is 0 Å². The highest BCUT2D eigenvalue weighted by Crippen LogP contribution is 2.37. The van der Waals surface area contributed by atoms with E-state index in [2.05, 4.69) is 120 Å². The molecule has 0 spiro atoms. The van der Waals surface area contributed by atoms with Crippen molar-refractivity contribution < 1.29 is 0 Å². The van der Waals surface area contributed by atoms with Gasteiger partial charge >= 0.3 is 0 Å². The normalized spacial score (nSPS) is 11.2. The molecule has 1 nitrogen and oxygen atoms in total. The van der Waals surface area contributed by atoms with Crippen molar-refractivity contribution in [1.29, 1.82) is 0 Å². The van der Waals surface area contributed by atoms with Gasteiger partial charge in [-0.1, -0.05) is 73.3 Å². The van der Waals surface area contributed by atoms with Gasteiger partial charge in [0.25, 0.3) is 0 Å². The van der Waals surface area contributed by atoms with Crippen molar-refractivity contribution in [2.75, 3.05) is 0 Å². The summed E-state index contributed by atoms with van der Waals surface area (Å²) in [7, 11) is 0. The number of hydrogen-bond donors (Lipinski definition) is 0. The molecular weight excluding hydrogens is 406 g/mol. The van der Waals surface area contributed by atoms with Gasteiger partial charge in [-0.05, 0) is 70.1 Å². The zero-order valence-corrected chi connectivity index (χ0v) is 18.3. The van der Waals surface area contributed by atoms with Crippen LogP contribution in [0.1, 0.15) is 5.56 Å². The van der Waals surface area contributed by atoms with Gasteiger partial charge in [-0.15, -0.1) is 11.3 Å². The fraction of sp³-hybridized carbons (Fsp3) is 0. The van der Waals surface area contributed by atoms with Crippen molar-refractivity contribution in [1.82, 2.24) is 4.57 Å². The smallest absolute Gasteiger partial charge is 0.0541 e. The molecule has 4 aromatic carbocycles. The standard InChI is InChI=1S/C30H21NS/c1-2-21-10-12-22(13-11-21)23-14-16-28-26(19-23)27-20-24(30-9-6-18-32-30)15-17-29(27)31(28)25-7-4-3-5-8-25/h2-20H,1H2. The molecule has 6 rings (SSSR count). The van der Waals surface area contributed by atoms with Crippen molar-refractivity contribution >= 4 is 39.2 Å². The Bertz CT molecular complexity index is 1550. The number of para-hydroxylation sites is 1. The van der Waals surface area contributed by atoms with Gasteiger partial charge in [0.05, 0.1) is 11.0 Å². The fourth-order valence-electron chi connectivity index (χ4n) is 4.47. The van der Waals surface area contributed by atoms with E-state index in [1.165, 1.54) is 49.1 Å². The van der Waals surface area contributed by atoms with Crippen LogP contribution in [0.15, 0.2) is 115 Å². The summed E-state index contributed by atoms with van der Waals surface area (Å²) < 4.78 is 2.37. The van der Waals surface area contributed by atoms with Gasteiger partial charge < -0.3 is 4.57 Å². The first-order valence-electron chi connectivity index (χ1n) is 10.7. The van der Waals surface area contributed by atoms with Gasteiger partial charge in [-0.25, -0.2) is 0 Å². The third-order valence-electron chi connectivity index (χ3n) is 6.06. The predicted octanol–water partition coefficient (Wildman–Crippen LogP) is 8.82. The lowest BCUT2D eigenvalue weighted by molar-refractivity contribution is 1.18. The summed E-state index contributed by atoms with van der Waals surface area (Å²) in [5, 5.41) is 4.68. The molecule has 0 aliphatic heterocycles. The van der Waals surface area contributed by atoms with Gasteiger partial charge in [-0.2, -0.15) is 0 Å². The fourth-order valence-corrected chi connectivity index (χ4v) is 5.19. The van der Waals surface area contributed by atoms with Crippen molar-refractivity contribution in [2.45, 2.75) is 0 Å². The molecule has 0 atom stereocenters. The number of nitrogens with zero attached hydrogens (tertiary/aromatic N) is 1. The Morgan fingerprint density at radius 1 is 0.625 bits per heavy atom. The molecule has 0 N–H and O–H groups in total. The molecule has 0 amide bonds. The molecule has 0 unspecified atom stereocenters.